The van der Waals surface area contributed by atoms with Crippen LogP contribution in [0.3, 0.4) is 0 Å². The smallest absolute Gasteiger partial charge is 0.411 e. The van der Waals surface area contributed by atoms with Crippen LogP contribution in [0.15, 0.2) is 83.5 Å². The Bertz CT molecular complexity index is 1190. The summed E-state index contributed by atoms with van der Waals surface area (Å²) < 4.78 is 10.9. The number of furan rings is 1. The molecule has 0 spiro atoms. The second-order valence-corrected chi connectivity index (χ2v) is 8.24. The highest BCUT2D eigenvalue weighted by Crippen LogP contribution is 2.33. The minimum atomic E-state index is -0.842. The molecule has 0 aliphatic heterocycles. The van der Waals surface area contributed by atoms with Gasteiger partial charge in [0.05, 0.1) is 25.0 Å². The van der Waals surface area contributed by atoms with E-state index in [0.717, 1.165) is 26.4 Å². The molecule has 0 saturated heterocycles. The Morgan fingerprint density at radius 2 is 1.69 bits per heavy atom. The number of aliphatic carboxylic acids is 1. The third-order valence-corrected chi connectivity index (χ3v) is 5.92. The summed E-state index contributed by atoms with van der Waals surface area (Å²) >= 11 is 1.46. The zero-order valence-electron chi connectivity index (χ0n) is 17.1. The highest BCUT2D eigenvalue weighted by Gasteiger charge is 2.13. The first-order chi connectivity index (χ1) is 15.6. The molecule has 32 heavy (non-hydrogen) atoms. The Morgan fingerprint density at radius 1 is 0.938 bits per heavy atom. The first kappa shape index (κ1) is 21.4. The molecule has 0 fully saturated rings. The molecule has 0 atom stereocenters. The van der Waals surface area contributed by atoms with E-state index < -0.39 is 12.1 Å². The predicted molar refractivity (Wildman–Crippen MR) is 124 cm³/mol. The summed E-state index contributed by atoms with van der Waals surface area (Å²) in [4.78, 5) is 24.9. The van der Waals surface area contributed by atoms with Crippen molar-refractivity contribution in [1.29, 1.82) is 0 Å². The molecule has 4 aromatic rings. The summed E-state index contributed by atoms with van der Waals surface area (Å²) in [6, 6.07) is 22.9. The van der Waals surface area contributed by atoms with Crippen molar-refractivity contribution in [2.45, 2.75) is 12.8 Å². The van der Waals surface area contributed by atoms with Gasteiger partial charge in [-0.1, -0.05) is 54.6 Å². The lowest BCUT2D eigenvalue weighted by Gasteiger charge is -2.08. The lowest BCUT2D eigenvalue weighted by atomic mass is 10.1. The number of nitrogens with one attached hydrogen (secondary N) is 1. The largest absolute Gasteiger partial charge is 0.481 e. The molecule has 2 N–H and O–H groups in total. The Balaban J connectivity index is 1.38. The van der Waals surface area contributed by atoms with Crippen LogP contribution in [0, 0.1) is 0 Å². The number of hydrogen-bond donors (Lipinski definition) is 2. The molecule has 162 valence electrons. The number of rotatable bonds is 8. The maximum absolute atomic E-state index is 12.2. The van der Waals surface area contributed by atoms with Gasteiger partial charge in [-0.05, 0) is 23.3 Å². The zero-order chi connectivity index (χ0) is 22.3. The summed E-state index contributed by atoms with van der Waals surface area (Å²) in [6.07, 6.45) is 1.64. The highest BCUT2D eigenvalue weighted by molar-refractivity contribution is 7.15. The van der Waals surface area contributed by atoms with Crippen molar-refractivity contribution in [3.05, 3.63) is 89.5 Å². The monoisotopic (exact) mass is 447 g/mol. The van der Waals surface area contributed by atoms with Crippen LogP contribution < -0.4 is 5.32 Å². The third kappa shape index (κ3) is 5.44. The van der Waals surface area contributed by atoms with Gasteiger partial charge in [0.25, 0.3) is 0 Å². The average Bonchev–Trinajstić information content (AvgIpc) is 3.44. The predicted octanol–water partition coefficient (Wildman–Crippen LogP) is 6.09. The standard InChI is InChI=1S/C25H21NO5S/c27-23(28)16-20-10-11-22(32-20)18-6-8-19(9-7-18)24-21(13-15-30-24)26-25(29)31-14-12-17-4-2-1-3-5-17/h1-11,13,15H,12,14,16H2,(H,26,29)(H,27,28). The molecule has 0 radical (unpaired) electrons. The minimum absolute atomic E-state index is 0.0195. The van der Waals surface area contributed by atoms with E-state index in [9.17, 15) is 9.59 Å². The van der Waals surface area contributed by atoms with Gasteiger partial charge >= 0.3 is 12.1 Å². The van der Waals surface area contributed by atoms with E-state index in [1.54, 1.807) is 6.07 Å². The highest BCUT2D eigenvalue weighted by atomic mass is 32.1. The van der Waals surface area contributed by atoms with Crippen molar-refractivity contribution in [2.75, 3.05) is 11.9 Å². The fraction of sp³-hybridized carbons (Fsp3) is 0.120. The van der Waals surface area contributed by atoms with E-state index in [2.05, 4.69) is 5.32 Å². The van der Waals surface area contributed by atoms with Gasteiger partial charge in [0, 0.05) is 27.8 Å². The second kappa shape index (κ2) is 9.98. The number of anilines is 1. The van der Waals surface area contributed by atoms with Crippen molar-refractivity contribution >= 4 is 29.1 Å². The van der Waals surface area contributed by atoms with Gasteiger partial charge in [-0.25, -0.2) is 4.79 Å². The molecule has 0 aliphatic carbocycles. The van der Waals surface area contributed by atoms with Crippen LogP contribution in [0.25, 0.3) is 21.8 Å². The molecule has 0 saturated carbocycles. The van der Waals surface area contributed by atoms with Crippen molar-refractivity contribution in [3.63, 3.8) is 0 Å². The van der Waals surface area contributed by atoms with Crippen molar-refractivity contribution in [1.82, 2.24) is 0 Å². The summed E-state index contributed by atoms with van der Waals surface area (Å²) in [5, 5.41) is 11.7. The Labute approximate surface area is 189 Å². The molecule has 2 aromatic carbocycles. The van der Waals surface area contributed by atoms with Crippen LogP contribution in [0.4, 0.5) is 10.5 Å². The summed E-state index contributed by atoms with van der Waals surface area (Å²) in [7, 11) is 0. The number of amides is 1. The second-order valence-electron chi connectivity index (χ2n) is 7.07. The molecular weight excluding hydrogens is 426 g/mol. The molecule has 2 heterocycles. The SMILES string of the molecule is O=C(O)Cc1ccc(-c2ccc(-c3occc3NC(=O)OCCc3ccccc3)cc2)s1. The summed E-state index contributed by atoms with van der Waals surface area (Å²) in [5.41, 5.74) is 3.42. The summed E-state index contributed by atoms with van der Waals surface area (Å²) in [6.45, 7) is 0.280. The third-order valence-electron chi connectivity index (χ3n) is 4.79. The topological polar surface area (TPSA) is 88.8 Å². The number of carbonyl (C=O) groups is 2. The van der Waals surface area contributed by atoms with Crippen LogP contribution >= 0.6 is 11.3 Å². The van der Waals surface area contributed by atoms with E-state index in [1.807, 2.05) is 66.7 Å². The zero-order valence-corrected chi connectivity index (χ0v) is 17.9. The van der Waals surface area contributed by atoms with Crippen LogP contribution in [0.2, 0.25) is 0 Å². The van der Waals surface area contributed by atoms with E-state index in [-0.39, 0.29) is 13.0 Å². The fourth-order valence-electron chi connectivity index (χ4n) is 3.25. The van der Waals surface area contributed by atoms with Gasteiger partial charge in [0.1, 0.15) is 0 Å². The summed E-state index contributed by atoms with van der Waals surface area (Å²) in [5.74, 6) is -0.306. The molecule has 6 nitrogen and oxygen atoms in total. The molecular formula is C25H21NO5S. The van der Waals surface area contributed by atoms with Gasteiger partial charge in [0.15, 0.2) is 5.76 Å². The first-order valence-corrected chi connectivity index (χ1v) is 10.9. The molecule has 2 aromatic heterocycles. The van der Waals surface area contributed by atoms with Gasteiger partial charge in [-0.2, -0.15) is 0 Å². The number of carboxylic acids is 1. The van der Waals surface area contributed by atoms with Gasteiger partial charge in [-0.3, -0.25) is 10.1 Å². The average molecular weight is 448 g/mol. The minimum Gasteiger partial charge on any atom is -0.481 e. The van der Waals surface area contributed by atoms with Gasteiger partial charge < -0.3 is 14.3 Å². The van der Waals surface area contributed by atoms with Crippen LogP contribution in [-0.4, -0.2) is 23.8 Å². The maximum Gasteiger partial charge on any atom is 0.411 e. The first-order valence-electron chi connectivity index (χ1n) is 10.0. The van der Waals surface area contributed by atoms with Crippen molar-refractivity contribution in [2.24, 2.45) is 0 Å². The number of hydrogen-bond acceptors (Lipinski definition) is 5. The van der Waals surface area contributed by atoms with E-state index in [1.165, 1.54) is 17.6 Å². The quantitative estimate of drug-likeness (QED) is 0.341. The Morgan fingerprint density at radius 3 is 2.44 bits per heavy atom. The molecule has 4 rings (SSSR count). The van der Waals surface area contributed by atoms with E-state index in [4.69, 9.17) is 14.3 Å². The van der Waals surface area contributed by atoms with Crippen LogP contribution in [-0.2, 0) is 22.4 Å². The molecule has 0 aliphatic rings. The molecule has 1 amide bonds. The normalized spacial score (nSPS) is 10.6. The number of benzene rings is 2. The van der Waals surface area contributed by atoms with Gasteiger partial charge in [0.2, 0.25) is 0 Å². The lowest BCUT2D eigenvalue weighted by Crippen LogP contribution is -2.15. The molecule has 0 bridgehead atoms. The fourth-order valence-corrected chi connectivity index (χ4v) is 4.25. The van der Waals surface area contributed by atoms with Gasteiger partial charge in [-0.15, -0.1) is 11.3 Å². The number of ether oxygens (including phenoxy) is 1. The van der Waals surface area contributed by atoms with E-state index >= 15 is 0 Å². The number of thiophene rings is 1. The number of carboxylic acid groups (broad SMARTS) is 1. The van der Waals surface area contributed by atoms with Crippen molar-refractivity contribution < 1.29 is 23.8 Å². The van der Waals surface area contributed by atoms with Crippen molar-refractivity contribution in [3.8, 4) is 21.8 Å². The maximum atomic E-state index is 12.2. The molecule has 0 unspecified atom stereocenters. The Kier molecular flexibility index (Phi) is 6.67. The van der Waals surface area contributed by atoms with Crippen LogP contribution in [0.5, 0.6) is 0 Å². The lowest BCUT2D eigenvalue weighted by molar-refractivity contribution is -0.136. The number of carbonyl (C=O) groups excluding carboxylic acids is 1. The van der Waals surface area contributed by atoms with Crippen LogP contribution in [0.1, 0.15) is 10.4 Å². The van der Waals surface area contributed by atoms with E-state index in [0.29, 0.717) is 17.9 Å². The Hall–Kier alpha value is -3.84. The molecule has 7 heteroatoms.